The molecule has 94 valence electrons. The van der Waals surface area contributed by atoms with Crippen LogP contribution >= 0.6 is 0 Å². The van der Waals surface area contributed by atoms with Gasteiger partial charge in [0, 0.05) is 0 Å². The molecular weight excluding hydrogens is 259 g/mol. The van der Waals surface area contributed by atoms with Gasteiger partial charge < -0.3 is 5.73 Å². The number of nitrogens with two attached hydrogens (primary N) is 1. The fourth-order valence-electron chi connectivity index (χ4n) is 1.28. The SMILES string of the molecule is N#CCN(CC#N)S(=O)(=O)c1ccc(F)cc1N. The molecule has 0 amide bonds. The molecule has 1 aromatic carbocycles. The van der Waals surface area contributed by atoms with Crippen LogP contribution in [0.15, 0.2) is 23.1 Å². The van der Waals surface area contributed by atoms with Crippen LogP contribution in [0.25, 0.3) is 0 Å². The maximum absolute atomic E-state index is 12.8. The molecule has 0 spiro atoms. The fourth-order valence-corrected chi connectivity index (χ4v) is 2.61. The summed E-state index contributed by atoms with van der Waals surface area (Å²) in [5, 5.41) is 17.1. The van der Waals surface area contributed by atoms with Gasteiger partial charge in [-0.15, -0.1) is 0 Å². The highest BCUT2D eigenvalue weighted by Gasteiger charge is 2.26. The first-order chi connectivity index (χ1) is 8.43. The molecule has 2 N–H and O–H groups in total. The molecule has 0 saturated heterocycles. The van der Waals surface area contributed by atoms with E-state index in [2.05, 4.69) is 0 Å². The van der Waals surface area contributed by atoms with E-state index in [-0.39, 0.29) is 10.6 Å². The zero-order valence-electron chi connectivity index (χ0n) is 9.17. The third-order valence-corrected chi connectivity index (χ3v) is 3.95. The van der Waals surface area contributed by atoms with Crippen molar-refractivity contribution >= 4 is 15.7 Å². The number of benzene rings is 1. The van der Waals surface area contributed by atoms with Crippen molar-refractivity contribution in [3.05, 3.63) is 24.0 Å². The summed E-state index contributed by atoms with van der Waals surface area (Å²) in [7, 11) is -4.08. The summed E-state index contributed by atoms with van der Waals surface area (Å²) in [4.78, 5) is -0.325. The number of hydrogen-bond acceptors (Lipinski definition) is 5. The van der Waals surface area contributed by atoms with Crippen LogP contribution in [0.4, 0.5) is 10.1 Å². The van der Waals surface area contributed by atoms with Gasteiger partial charge in [0.05, 0.1) is 17.8 Å². The van der Waals surface area contributed by atoms with Crippen LogP contribution in [0, 0.1) is 28.5 Å². The van der Waals surface area contributed by atoms with Crippen molar-refractivity contribution < 1.29 is 12.8 Å². The van der Waals surface area contributed by atoms with E-state index in [1.165, 1.54) is 0 Å². The molecule has 18 heavy (non-hydrogen) atoms. The molecule has 0 bridgehead atoms. The third kappa shape index (κ3) is 2.74. The van der Waals surface area contributed by atoms with Gasteiger partial charge in [-0.2, -0.15) is 14.8 Å². The number of sulfonamides is 1. The predicted molar refractivity (Wildman–Crippen MR) is 60.8 cm³/mol. The topological polar surface area (TPSA) is 111 Å². The normalized spacial score (nSPS) is 10.9. The second kappa shape index (κ2) is 5.45. The molecule has 6 nitrogen and oxygen atoms in total. The highest BCUT2D eigenvalue weighted by Crippen LogP contribution is 2.22. The molecule has 0 fully saturated rings. The summed E-state index contributed by atoms with van der Waals surface area (Å²) in [5.41, 5.74) is 5.16. The predicted octanol–water partition coefficient (Wildman–Crippen LogP) is 0.446. The second-order valence-electron chi connectivity index (χ2n) is 3.27. The average molecular weight is 268 g/mol. The average Bonchev–Trinajstić information content (AvgIpc) is 2.28. The molecular formula is C10H9FN4O2S. The van der Waals surface area contributed by atoms with E-state index in [4.69, 9.17) is 16.3 Å². The Morgan fingerprint density at radius 3 is 2.28 bits per heavy atom. The van der Waals surface area contributed by atoms with Gasteiger partial charge in [-0.25, -0.2) is 12.8 Å². The van der Waals surface area contributed by atoms with Gasteiger partial charge in [0.25, 0.3) is 0 Å². The Morgan fingerprint density at radius 2 is 1.83 bits per heavy atom. The number of anilines is 1. The Labute approximate surface area is 104 Å². The van der Waals surface area contributed by atoms with Gasteiger partial charge in [-0.3, -0.25) is 0 Å². The van der Waals surface area contributed by atoms with Crippen LogP contribution < -0.4 is 5.73 Å². The maximum Gasteiger partial charge on any atom is 0.247 e. The highest BCUT2D eigenvalue weighted by molar-refractivity contribution is 7.89. The van der Waals surface area contributed by atoms with Crippen LogP contribution in [0.1, 0.15) is 0 Å². The summed E-state index contributed by atoms with van der Waals surface area (Å²) in [6.45, 7) is -0.959. The van der Waals surface area contributed by atoms with Gasteiger partial charge >= 0.3 is 0 Å². The van der Waals surface area contributed by atoms with Crippen molar-refractivity contribution in [3.63, 3.8) is 0 Å². The maximum atomic E-state index is 12.8. The molecule has 0 saturated carbocycles. The molecule has 0 atom stereocenters. The van der Waals surface area contributed by atoms with E-state index < -0.39 is 28.9 Å². The molecule has 0 unspecified atom stereocenters. The van der Waals surface area contributed by atoms with Gasteiger partial charge in [-0.1, -0.05) is 0 Å². The lowest BCUT2D eigenvalue weighted by Gasteiger charge is -2.17. The summed E-state index contributed by atoms with van der Waals surface area (Å²) in [6.07, 6.45) is 0. The van der Waals surface area contributed by atoms with E-state index in [0.717, 1.165) is 18.2 Å². The second-order valence-corrected chi connectivity index (χ2v) is 5.18. The number of nitrogens with zero attached hydrogens (tertiary/aromatic N) is 3. The lowest BCUT2D eigenvalue weighted by Crippen LogP contribution is -2.32. The minimum Gasteiger partial charge on any atom is -0.398 e. The summed E-state index contributed by atoms with van der Waals surface area (Å²) in [5.74, 6) is -0.668. The van der Waals surface area contributed by atoms with Gasteiger partial charge in [0.15, 0.2) is 0 Å². The van der Waals surface area contributed by atoms with Crippen molar-refractivity contribution in [2.45, 2.75) is 4.90 Å². The summed E-state index contributed by atoms with van der Waals surface area (Å²) < 4.78 is 37.6. The van der Waals surface area contributed by atoms with Crippen molar-refractivity contribution in [2.75, 3.05) is 18.8 Å². The summed E-state index contributed by atoms with van der Waals surface area (Å²) >= 11 is 0. The standard InChI is InChI=1S/C10H9FN4O2S/c11-8-1-2-10(9(14)7-8)18(16,17)15(5-3-12)6-4-13/h1-2,7H,5-6,14H2. The fraction of sp³-hybridized carbons (Fsp3) is 0.200. The Kier molecular flexibility index (Phi) is 4.21. The largest absolute Gasteiger partial charge is 0.398 e. The van der Waals surface area contributed by atoms with E-state index in [9.17, 15) is 12.8 Å². The van der Waals surface area contributed by atoms with Crippen molar-refractivity contribution in [1.82, 2.24) is 4.31 Å². The molecule has 0 aliphatic rings. The number of rotatable bonds is 4. The Balaban J connectivity index is 3.28. The lowest BCUT2D eigenvalue weighted by atomic mass is 10.3. The van der Waals surface area contributed by atoms with Crippen molar-refractivity contribution in [2.24, 2.45) is 0 Å². The van der Waals surface area contributed by atoms with E-state index in [1.54, 1.807) is 12.1 Å². The molecule has 1 aromatic rings. The minimum absolute atomic E-state index is 0.268. The minimum atomic E-state index is -4.08. The highest BCUT2D eigenvalue weighted by atomic mass is 32.2. The Bertz CT molecular complexity index is 614. The van der Waals surface area contributed by atoms with E-state index >= 15 is 0 Å². The van der Waals surface area contributed by atoms with Crippen LogP contribution in [0.5, 0.6) is 0 Å². The Hall–Kier alpha value is -2.16. The van der Waals surface area contributed by atoms with Crippen LogP contribution in [0.3, 0.4) is 0 Å². The van der Waals surface area contributed by atoms with E-state index in [1.807, 2.05) is 0 Å². The first kappa shape index (κ1) is 13.9. The lowest BCUT2D eigenvalue weighted by molar-refractivity contribution is 0.479. The quantitative estimate of drug-likeness (QED) is 0.629. The molecule has 0 heterocycles. The van der Waals surface area contributed by atoms with Crippen molar-refractivity contribution in [3.8, 4) is 12.1 Å². The zero-order valence-corrected chi connectivity index (χ0v) is 9.98. The monoisotopic (exact) mass is 268 g/mol. The molecule has 0 aromatic heterocycles. The third-order valence-electron chi connectivity index (χ3n) is 2.08. The molecule has 0 radical (unpaired) electrons. The summed E-state index contributed by atoms with van der Waals surface area (Å²) in [6, 6.07) is 6.09. The van der Waals surface area contributed by atoms with Crippen LogP contribution in [-0.4, -0.2) is 25.8 Å². The first-order valence-corrected chi connectivity index (χ1v) is 6.16. The smallest absolute Gasteiger partial charge is 0.247 e. The number of halogens is 1. The zero-order chi connectivity index (χ0) is 13.8. The molecule has 0 aliphatic heterocycles. The van der Waals surface area contributed by atoms with Crippen LogP contribution in [0.2, 0.25) is 0 Å². The van der Waals surface area contributed by atoms with Gasteiger partial charge in [0.2, 0.25) is 10.0 Å². The first-order valence-electron chi connectivity index (χ1n) is 4.72. The van der Waals surface area contributed by atoms with E-state index in [0.29, 0.717) is 4.31 Å². The van der Waals surface area contributed by atoms with Crippen LogP contribution in [-0.2, 0) is 10.0 Å². The van der Waals surface area contributed by atoms with Gasteiger partial charge in [0.1, 0.15) is 23.8 Å². The van der Waals surface area contributed by atoms with Gasteiger partial charge in [-0.05, 0) is 18.2 Å². The number of hydrogen-bond donors (Lipinski definition) is 1. The Morgan fingerprint density at radius 1 is 1.28 bits per heavy atom. The molecule has 8 heteroatoms. The molecule has 1 rings (SSSR count). The van der Waals surface area contributed by atoms with Crippen molar-refractivity contribution in [1.29, 1.82) is 10.5 Å². The molecule has 0 aliphatic carbocycles. The number of nitriles is 2. The number of nitrogen functional groups attached to an aromatic ring is 1.